The molecule has 0 spiro atoms. The lowest BCUT2D eigenvalue weighted by molar-refractivity contribution is 0.0933. The number of ether oxygens (including phenoxy) is 1. The third-order valence-corrected chi connectivity index (χ3v) is 2.72. The minimum Gasteiger partial charge on any atom is -0.422 e. The van der Waals surface area contributed by atoms with Crippen LogP contribution in [0.4, 0.5) is 0 Å². The van der Waals surface area contributed by atoms with Gasteiger partial charge in [0.25, 0.3) is 5.91 Å². The number of aryl methyl sites for hydroxylation is 1. The SMILES string of the molecule is COCCNC(=O)c1cc2cc(C)ccc2oc1=O. The molecule has 0 bridgehead atoms. The monoisotopic (exact) mass is 261 g/mol. The fourth-order valence-electron chi connectivity index (χ4n) is 1.76. The van der Waals surface area contributed by atoms with Crippen molar-refractivity contribution in [2.24, 2.45) is 0 Å². The van der Waals surface area contributed by atoms with Gasteiger partial charge in [-0.05, 0) is 25.1 Å². The van der Waals surface area contributed by atoms with Crippen molar-refractivity contribution in [3.63, 3.8) is 0 Å². The molecule has 0 unspecified atom stereocenters. The second kappa shape index (κ2) is 5.67. The van der Waals surface area contributed by atoms with Gasteiger partial charge in [-0.3, -0.25) is 4.79 Å². The molecule has 0 saturated carbocycles. The highest BCUT2D eigenvalue weighted by Crippen LogP contribution is 2.15. The van der Waals surface area contributed by atoms with Crippen LogP contribution in [-0.2, 0) is 4.74 Å². The van der Waals surface area contributed by atoms with Crippen LogP contribution < -0.4 is 10.9 Å². The number of hydrogen-bond donors (Lipinski definition) is 1. The summed E-state index contributed by atoms with van der Waals surface area (Å²) in [5.74, 6) is -0.450. The first-order chi connectivity index (χ1) is 9.11. The Kier molecular flexibility index (Phi) is 3.97. The first-order valence-electron chi connectivity index (χ1n) is 5.93. The van der Waals surface area contributed by atoms with Gasteiger partial charge in [0.05, 0.1) is 6.61 Å². The molecule has 2 aromatic rings. The van der Waals surface area contributed by atoms with Crippen LogP contribution in [0, 0.1) is 6.92 Å². The van der Waals surface area contributed by atoms with Gasteiger partial charge in [-0.2, -0.15) is 0 Å². The van der Waals surface area contributed by atoms with Gasteiger partial charge in [0.2, 0.25) is 0 Å². The summed E-state index contributed by atoms with van der Waals surface area (Å²) in [6.07, 6.45) is 0. The molecule has 19 heavy (non-hydrogen) atoms. The van der Waals surface area contributed by atoms with E-state index in [-0.39, 0.29) is 5.56 Å². The smallest absolute Gasteiger partial charge is 0.349 e. The molecule has 0 aliphatic carbocycles. The molecule has 1 aromatic heterocycles. The molecule has 2 rings (SSSR count). The molecule has 0 fully saturated rings. The normalized spacial score (nSPS) is 10.6. The maximum absolute atomic E-state index is 11.8. The van der Waals surface area contributed by atoms with Crippen molar-refractivity contribution >= 4 is 16.9 Å². The Morgan fingerprint density at radius 3 is 2.89 bits per heavy atom. The number of amides is 1. The van der Waals surface area contributed by atoms with E-state index >= 15 is 0 Å². The highest BCUT2D eigenvalue weighted by molar-refractivity contribution is 5.96. The van der Waals surface area contributed by atoms with E-state index in [0.29, 0.717) is 18.7 Å². The molecule has 1 amide bonds. The fourth-order valence-corrected chi connectivity index (χ4v) is 1.76. The minimum absolute atomic E-state index is 0.00852. The van der Waals surface area contributed by atoms with E-state index in [1.54, 1.807) is 19.2 Å². The van der Waals surface area contributed by atoms with Crippen molar-refractivity contribution in [1.82, 2.24) is 5.32 Å². The number of fused-ring (bicyclic) bond motifs is 1. The molecule has 1 heterocycles. The average molecular weight is 261 g/mol. The summed E-state index contributed by atoms with van der Waals surface area (Å²) in [7, 11) is 1.54. The molecular formula is C14H15NO4. The van der Waals surface area contributed by atoms with Gasteiger partial charge in [-0.15, -0.1) is 0 Å². The first kappa shape index (κ1) is 13.3. The van der Waals surface area contributed by atoms with Crippen LogP contribution in [0.2, 0.25) is 0 Å². The van der Waals surface area contributed by atoms with E-state index in [2.05, 4.69) is 5.32 Å². The molecule has 5 heteroatoms. The number of hydrogen-bond acceptors (Lipinski definition) is 4. The predicted molar refractivity (Wildman–Crippen MR) is 71.4 cm³/mol. The predicted octanol–water partition coefficient (Wildman–Crippen LogP) is 1.48. The maximum atomic E-state index is 11.8. The van der Waals surface area contributed by atoms with E-state index in [9.17, 15) is 9.59 Å². The zero-order valence-corrected chi connectivity index (χ0v) is 10.9. The number of carbonyl (C=O) groups is 1. The van der Waals surface area contributed by atoms with Gasteiger partial charge in [-0.1, -0.05) is 11.6 Å². The van der Waals surface area contributed by atoms with Crippen LogP contribution >= 0.6 is 0 Å². The summed E-state index contributed by atoms with van der Waals surface area (Å²) in [5.41, 5.74) is 0.886. The van der Waals surface area contributed by atoms with Gasteiger partial charge in [-0.25, -0.2) is 4.79 Å². The van der Waals surface area contributed by atoms with Gasteiger partial charge in [0.1, 0.15) is 11.1 Å². The third-order valence-electron chi connectivity index (χ3n) is 2.72. The Labute approximate surface area is 110 Å². The van der Waals surface area contributed by atoms with Crippen molar-refractivity contribution in [2.45, 2.75) is 6.92 Å². The average Bonchev–Trinajstić information content (AvgIpc) is 2.38. The van der Waals surface area contributed by atoms with Crippen molar-refractivity contribution in [3.8, 4) is 0 Å². The van der Waals surface area contributed by atoms with E-state index in [4.69, 9.17) is 9.15 Å². The third kappa shape index (κ3) is 3.00. The Morgan fingerprint density at radius 1 is 1.37 bits per heavy atom. The number of methoxy groups -OCH3 is 1. The summed E-state index contributed by atoms with van der Waals surface area (Å²) >= 11 is 0. The number of benzene rings is 1. The number of carbonyl (C=O) groups excluding carboxylic acids is 1. The quantitative estimate of drug-likeness (QED) is 0.668. The number of rotatable bonds is 4. The standard InChI is InChI=1S/C14H15NO4/c1-9-3-4-12-10(7-9)8-11(14(17)19-12)13(16)15-5-6-18-2/h3-4,7-8H,5-6H2,1-2H3,(H,15,16). The van der Waals surface area contributed by atoms with Gasteiger partial charge >= 0.3 is 5.63 Å². The summed E-state index contributed by atoms with van der Waals surface area (Å²) in [6, 6.07) is 6.99. The van der Waals surface area contributed by atoms with Gasteiger partial charge in [0.15, 0.2) is 0 Å². The zero-order chi connectivity index (χ0) is 13.8. The highest BCUT2D eigenvalue weighted by atomic mass is 16.5. The second-order valence-electron chi connectivity index (χ2n) is 4.24. The summed E-state index contributed by atoms with van der Waals surface area (Å²) in [4.78, 5) is 23.6. The lowest BCUT2D eigenvalue weighted by Crippen LogP contribution is -2.30. The molecule has 0 saturated heterocycles. The molecule has 0 aliphatic rings. The molecule has 0 radical (unpaired) electrons. The Bertz CT molecular complexity index is 660. The molecule has 0 atom stereocenters. The van der Waals surface area contributed by atoms with Crippen LogP contribution in [-0.4, -0.2) is 26.2 Å². The Hall–Kier alpha value is -2.14. The number of nitrogens with one attached hydrogen (secondary N) is 1. The highest BCUT2D eigenvalue weighted by Gasteiger charge is 2.13. The van der Waals surface area contributed by atoms with Crippen LogP contribution in [0.15, 0.2) is 33.5 Å². The van der Waals surface area contributed by atoms with Crippen LogP contribution in [0.3, 0.4) is 0 Å². The van der Waals surface area contributed by atoms with Crippen molar-refractivity contribution in [3.05, 3.63) is 45.8 Å². The topological polar surface area (TPSA) is 68.5 Å². The van der Waals surface area contributed by atoms with E-state index < -0.39 is 11.5 Å². The van der Waals surface area contributed by atoms with Crippen LogP contribution in [0.1, 0.15) is 15.9 Å². The Balaban J connectivity index is 2.35. The molecule has 100 valence electrons. The fraction of sp³-hybridized carbons (Fsp3) is 0.286. The molecule has 5 nitrogen and oxygen atoms in total. The lowest BCUT2D eigenvalue weighted by Gasteiger charge is -2.04. The first-order valence-corrected chi connectivity index (χ1v) is 5.93. The van der Waals surface area contributed by atoms with Crippen LogP contribution in [0.25, 0.3) is 11.0 Å². The van der Waals surface area contributed by atoms with Crippen molar-refractivity contribution < 1.29 is 13.9 Å². The molecule has 0 aliphatic heterocycles. The summed E-state index contributed by atoms with van der Waals surface area (Å²) < 4.78 is 9.96. The van der Waals surface area contributed by atoms with Crippen molar-refractivity contribution in [2.75, 3.05) is 20.3 Å². The zero-order valence-electron chi connectivity index (χ0n) is 10.9. The lowest BCUT2D eigenvalue weighted by atomic mass is 10.1. The second-order valence-corrected chi connectivity index (χ2v) is 4.24. The maximum Gasteiger partial charge on any atom is 0.349 e. The molecule has 1 N–H and O–H groups in total. The Morgan fingerprint density at radius 2 is 2.16 bits per heavy atom. The van der Waals surface area contributed by atoms with E-state index in [1.165, 1.54) is 0 Å². The van der Waals surface area contributed by atoms with E-state index in [0.717, 1.165) is 10.9 Å². The van der Waals surface area contributed by atoms with Crippen LogP contribution in [0.5, 0.6) is 0 Å². The van der Waals surface area contributed by atoms with Gasteiger partial charge in [0, 0.05) is 19.0 Å². The largest absolute Gasteiger partial charge is 0.422 e. The molecule has 1 aromatic carbocycles. The van der Waals surface area contributed by atoms with Crippen molar-refractivity contribution in [1.29, 1.82) is 0 Å². The van der Waals surface area contributed by atoms with Gasteiger partial charge < -0.3 is 14.5 Å². The molecular weight excluding hydrogens is 246 g/mol. The summed E-state index contributed by atoms with van der Waals surface area (Å²) in [5, 5.41) is 3.33. The minimum atomic E-state index is -0.633. The van der Waals surface area contributed by atoms with E-state index in [1.807, 2.05) is 19.1 Å². The summed E-state index contributed by atoms with van der Waals surface area (Å²) in [6.45, 7) is 2.67.